The normalized spacial score (nSPS) is 19.8. The molecule has 19 heavy (non-hydrogen) atoms. The molecule has 0 saturated carbocycles. The number of rotatable bonds is 5. The predicted octanol–water partition coefficient (Wildman–Crippen LogP) is 2.50. The Hall–Kier alpha value is -1.37. The molecule has 1 aromatic rings. The van der Waals surface area contributed by atoms with Gasteiger partial charge in [-0.3, -0.25) is 4.90 Å². The highest BCUT2D eigenvalue weighted by Crippen LogP contribution is 2.17. The molecule has 1 heterocycles. The molecule has 0 spiro atoms. The van der Waals surface area contributed by atoms with Crippen LogP contribution >= 0.6 is 0 Å². The van der Waals surface area contributed by atoms with Gasteiger partial charge in [0.25, 0.3) is 0 Å². The molecule has 0 amide bonds. The van der Waals surface area contributed by atoms with Gasteiger partial charge < -0.3 is 5.32 Å². The summed E-state index contributed by atoms with van der Waals surface area (Å²) in [5.74, 6) is 0.598. The minimum Gasteiger partial charge on any atom is -0.300 e. The van der Waals surface area contributed by atoms with Crippen LogP contribution < -0.4 is 5.32 Å². The zero-order valence-corrected chi connectivity index (χ0v) is 11.9. The van der Waals surface area contributed by atoms with Crippen LogP contribution in [0.1, 0.15) is 37.3 Å². The third-order valence-electron chi connectivity index (χ3n) is 3.79. The predicted molar refractivity (Wildman–Crippen MR) is 77.8 cm³/mol. The number of nitriles is 1. The fraction of sp³-hybridized carbons (Fsp3) is 0.562. The lowest BCUT2D eigenvalue weighted by Gasteiger charge is -2.16. The Bertz CT molecular complexity index is 430. The molecule has 1 saturated heterocycles. The van der Waals surface area contributed by atoms with Gasteiger partial charge in [-0.15, -0.1) is 0 Å². The van der Waals surface area contributed by atoms with E-state index in [4.69, 9.17) is 5.26 Å². The third kappa shape index (κ3) is 4.05. The molecular formula is C16H23N3. The van der Waals surface area contributed by atoms with Crippen LogP contribution in [0.2, 0.25) is 0 Å². The monoisotopic (exact) mass is 257 g/mol. The molecule has 1 atom stereocenters. The van der Waals surface area contributed by atoms with Gasteiger partial charge in [-0.2, -0.15) is 5.26 Å². The van der Waals surface area contributed by atoms with E-state index in [9.17, 15) is 0 Å². The van der Waals surface area contributed by atoms with Crippen molar-refractivity contribution in [2.75, 3.05) is 19.6 Å². The quantitative estimate of drug-likeness (QED) is 0.824. The molecule has 0 radical (unpaired) electrons. The van der Waals surface area contributed by atoms with Crippen LogP contribution in [0.15, 0.2) is 24.3 Å². The largest absolute Gasteiger partial charge is 0.300 e. The van der Waals surface area contributed by atoms with Crippen LogP contribution in [0.25, 0.3) is 0 Å². The van der Waals surface area contributed by atoms with Crippen molar-refractivity contribution >= 4 is 0 Å². The van der Waals surface area contributed by atoms with Crippen molar-refractivity contribution in [3.8, 4) is 6.07 Å². The van der Waals surface area contributed by atoms with Crippen LogP contribution in [-0.4, -0.2) is 30.6 Å². The molecule has 1 unspecified atom stereocenters. The fourth-order valence-corrected chi connectivity index (χ4v) is 2.60. The van der Waals surface area contributed by atoms with Crippen LogP contribution in [0.3, 0.4) is 0 Å². The highest BCUT2D eigenvalue weighted by atomic mass is 15.2. The summed E-state index contributed by atoms with van der Waals surface area (Å²) in [5, 5.41) is 11.8. The van der Waals surface area contributed by atoms with Gasteiger partial charge >= 0.3 is 0 Å². The highest BCUT2D eigenvalue weighted by Gasteiger charge is 2.21. The van der Waals surface area contributed by atoms with Gasteiger partial charge in [0.2, 0.25) is 0 Å². The van der Waals surface area contributed by atoms with E-state index in [1.807, 2.05) is 0 Å². The summed E-state index contributed by atoms with van der Waals surface area (Å²) >= 11 is 0. The molecule has 0 aromatic heterocycles. The Morgan fingerprint density at radius 1 is 1.37 bits per heavy atom. The fourth-order valence-electron chi connectivity index (χ4n) is 2.60. The van der Waals surface area contributed by atoms with Crippen molar-refractivity contribution in [1.82, 2.24) is 10.2 Å². The second-order valence-corrected chi connectivity index (χ2v) is 5.66. The van der Waals surface area contributed by atoms with E-state index in [0.717, 1.165) is 26.1 Å². The Labute approximate surface area is 116 Å². The van der Waals surface area contributed by atoms with Crippen molar-refractivity contribution < 1.29 is 0 Å². The van der Waals surface area contributed by atoms with Crippen LogP contribution in [0.4, 0.5) is 0 Å². The molecule has 3 nitrogen and oxygen atoms in total. The molecular weight excluding hydrogens is 234 g/mol. The summed E-state index contributed by atoms with van der Waals surface area (Å²) in [4.78, 5) is 2.46. The summed E-state index contributed by atoms with van der Waals surface area (Å²) in [6.07, 6.45) is 1.14. The molecule has 1 aromatic carbocycles. The number of nitrogens with zero attached hydrogens (tertiary/aromatic N) is 2. The van der Waals surface area contributed by atoms with E-state index in [-0.39, 0.29) is 0 Å². The summed E-state index contributed by atoms with van der Waals surface area (Å²) in [7, 11) is 0. The van der Waals surface area contributed by atoms with E-state index < -0.39 is 0 Å². The number of benzene rings is 1. The lowest BCUT2D eigenvalue weighted by molar-refractivity contribution is 0.321. The Morgan fingerprint density at radius 3 is 2.74 bits per heavy atom. The first-order valence-corrected chi connectivity index (χ1v) is 7.10. The van der Waals surface area contributed by atoms with Gasteiger partial charge in [-0.25, -0.2) is 0 Å². The summed E-state index contributed by atoms with van der Waals surface area (Å²) < 4.78 is 0. The van der Waals surface area contributed by atoms with E-state index in [2.05, 4.69) is 54.4 Å². The first kappa shape index (κ1) is 14.0. The van der Waals surface area contributed by atoms with E-state index in [0.29, 0.717) is 18.5 Å². The number of nitrogens with one attached hydrogen (secondary N) is 1. The van der Waals surface area contributed by atoms with Gasteiger partial charge in [0.1, 0.15) is 0 Å². The Morgan fingerprint density at radius 2 is 2.11 bits per heavy atom. The lowest BCUT2D eigenvalue weighted by Crippen LogP contribution is -2.32. The average Bonchev–Trinajstić information content (AvgIpc) is 2.84. The average molecular weight is 257 g/mol. The zero-order valence-electron chi connectivity index (χ0n) is 11.9. The van der Waals surface area contributed by atoms with Crippen LogP contribution in [0, 0.1) is 11.3 Å². The molecule has 1 N–H and O–H groups in total. The highest BCUT2D eigenvalue weighted by molar-refractivity contribution is 5.24. The topological polar surface area (TPSA) is 39.1 Å². The smallest absolute Gasteiger partial charge is 0.0843 e. The van der Waals surface area contributed by atoms with E-state index in [1.54, 1.807) is 0 Å². The number of hydrogen-bond acceptors (Lipinski definition) is 3. The van der Waals surface area contributed by atoms with E-state index >= 15 is 0 Å². The molecule has 0 bridgehead atoms. The minimum absolute atomic E-state index is 0.460. The molecule has 2 rings (SSSR count). The number of hydrogen-bond donors (Lipinski definition) is 1. The molecule has 1 fully saturated rings. The third-order valence-corrected chi connectivity index (χ3v) is 3.79. The molecule has 3 heteroatoms. The summed E-state index contributed by atoms with van der Waals surface area (Å²) in [5.41, 5.74) is 2.78. The van der Waals surface area contributed by atoms with Gasteiger partial charge in [0, 0.05) is 25.7 Å². The SMILES string of the molecule is CC(C)c1ccc(CN2CCC(NCC#N)C2)cc1. The maximum Gasteiger partial charge on any atom is 0.0843 e. The zero-order chi connectivity index (χ0) is 13.7. The van der Waals surface area contributed by atoms with Crippen molar-refractivity contribution in [3.63, 3.8) is 0 Å². The maximum absolute atomic E-state index is 8.57. The van der Waals surface area contributed by atoms with Crippen molar-refractivity contribution in [3.05, 3.63) is 35.4 Å². The van der Waals surface area contributed by atoms with Crippen LogP contribution in [0.5, 0.6) is 0 Å². The van der Waals surface area contributed by atoms with Gasteiger partial charge in [-0.1, -0.05) is 38.1 Å². The summed E-state index contributed by atoms with van der Waals surface area (Å²) in [6, 6.07) is 11.6. The molecule has 1 aliphatic heterocycles. The second-order valence-electron chi connectivity index (χ2n) is 5.66. The van der Waals surface area contributed by atoms with Crippen molar-refractivity contribution in [2.24, 2.45) is 0 Å². The first-order chi connectivity index (χ1) is 9.19. The van der Waals surface area contributed by atoms with Crippen LogP contribution in [-0.2, 0) is 6.54 Å². The van der Waals surface area contributed by atoms with E-state index in [1.165, 1.54) is 11.1 Å². The molecule has 1 aliphatic rings. The first-order valence-electron chi connectivity index (χ1n) is 7.10. The molecule has 102 valence electrons. The standard InChI is InChI=1S/C16H23N3/c1-13(2)15-5-3-14(4-6-15)11-19-10-7-16(12-19)18-9-8-17/h3-6,13,16,18H,7,9-12H2,1-2H3. The van der Waals surface area contributed by atoms with Crippen molar-refractivity contribution in [2.45, 2.75) is 38.8 Å². The van der Waals surface area contributed by atoms with Gasteiger partial charge in [0.15, 0.2) is 0 Å². The lowest BCUT2D eigenvalue weighted by atomic mass is 10.0. The summed E-state index contributed by atoms with van der Waals surface area (Å²) in [6.45, 7) is 8.09. The molecule has 0 aliphatic carbocycles. The Balaban J connectivity index is 1.84. The maximum atomic E-state index is 8.57. The van der Waals surface area contributed by atoms with Crippen molar-refractivity contribution in [1.29, 1.82) is 5.26 Å². The second kappa shape index (κ2) is 6.70. The Kier molecular flexibility index (Phi) is 4.95. The van der Waals surface area contributed by atoms with Gasteiger partial charge in [-0.05, 0) is 23.5 Å². The minimum atomic E-state index is 0.460. The van der Waals surface area contributed by atoms with Gasteiger partial charge in [0.05, 0.1) is 12.6 Å². The number of likely N-dealkylation sites (tertiary alicyclic amines) is 1.